The Bertz CT molecular complexity index is 393. The molecule has 1 unspecified atom stereocenters. The molecule has 0 bridgehead atoms. The van der Waals surface area contributed by atoms with Crippen molar-refractivity contribution < 1.29 is 14.3 Å². The van der Waals surface area contributed by atoms with Gasteiger partial charge >= 0.3 is 5.97 Å². The molecule has 0 radical (unpaired) electrons. The van der Waals surface area contributed by atoms with Crippen molar-refractivity contribution in [2.45, 2.75) is 25.9 Å². The largest absolute Gasteiger partial charge is 0.454 e. The van der Waals surface area contributed by atoms with Crippen molar-refractivity contribution in [2.75, 3.05) is 0 Å². The summed E-state index contributed by atoms with van der Waals surface area (Å²) in [6, 6.07) is 8.89. The molecule has 0 heterocycles. The lowest BCUT2D eigenvalue weighted by molar-refractivity contribution is -0.147. The third-order valence-corrected chi connectivity index (χ3v) is 2.63. The molecule has 0 spiro atoms. The van der Waals surface area contributed by atoms with Gasteiger partial charge in [0.25, 0.3) is 0 Å². The number of Topliss-reactive ketones (excluding diaryl/α,β-unsaturated/α-hetero) is 1. The lowest BCUT2D eigenvalue weighted by atomic mass is 10.1. The van der Waals surface area contributed by atoms with Crippen LogP contribution in [0, 0.1) is 5.92 Å². The van der Waals surface area contributed by atoms with Gasteiger partial charge in [0.2, 0.25) is 5.78 Å². The van der Waals surface area contributed by atoms with Crippen molar-refractivity contribution in [3.63, 3.8) is 0 Å². The summed E-state index contributed by atoms with van der Waals surface area (Å²) < 4.78 is 5.10. The van der Waals surface area contributed by atoms with E-state index in [0.717, 1.165) is 12.8 Å². The Labute approximate surface area is 94.4 Å². The molecule has 3 nitrogen and oxygen atoms in total. The predicted molar refractivity (Wildman–Crippen MR) is 59.1 cm³/mol. The number of hydrogen-bond acceptors (Lipinski definition) is 3. The number of benzene rings is 1. The highest BCUT2D eigenvalue weighted by Crippen LogP contribution is 2.30. The van der Waals surface area contributed by atoms with Gasteiger partial charge in [-0.05, 0) is 19.8 Å². The second kappa shape index (κ2) is 4.47. The average molecular weight is 218 g/mol. The minimum atomic E-state index is -0.685. The third kappa shape index (κ3) is 2.48. The molecule has 1 atom stereocenters. The number of ether oxygens (including phenoxy) is 1. The lowest BCUT2D eigenvalue weighted by Gasteiger charge is -2.11. The Morgan fingerprint density at radius 1 is 1.25 bits per heavy atom. The van der Waals surface area contributed by atoms with Gasteiger partial charge in [0.15, 0.2) is 6.10 Å². The first-order valence-electron chi connectivity index (χ1n) is 5.48. The summed E-state index contributed by atoms with van der Waals surface area (Å²) in [5, 5.41) is 0. The second-order valence-electron chi connectivity index (χ2n) is 4.08. The van der Waals surface area contributed by atoms with Crippen LogP contribution in [-0.4, -0.2) is 17.9 Å². The Morgan fingerprint density at radius 3 is 2.44 bits per heavy atom. The van der Waals surface area contributed by atoms with Gasteiger partial charge in [-0.15, -0.1) is 0 Å². The highest BCUT2D eigenvalue weighted by Gasteiger charge is 2.33. The van der Waals surface area contributed by atoms with Crippen LogP contribution in [0.25, 0.3) is 0 Å². The maximum atomic E-state index is 11.8. The van der Waals surface area contributed by atoms with Crippen molar-refractivity contribution in [3.05, 3.63) is 35.9 Å². The summed E-state index contributed by atoms with van der Waals surface area (Å²) >= 11 is 0. The quantitative estimate of drug-likeness (QED) is 0.575. The molecule has 84 valence electrons. The standard InChI is InChI=1S/C13H14O3/c1-9(16-13(15)11-7-8-11)12(14)10-5-3-2-4-6-10/h2-6,9,11H,7-8H2,1H3. The van der Waals surface area contributed by atoms with Crippen LogP contribution in [0.5, 0.6) is 0 Å². The number of ketones is 1. The zero-order chi connectivity index (χ0) is 11.5. The van der Waals surface area contributed by atoms with Crippen LogP contribution in [0.15, 0.2) is 30.3 Å². The molecule has 0 aliphatic heterocycles. The summed E-state index contributed by atoms with van der Waals surface area (Å²) in [5.74, 6) is -0.350. The predicted octanol–water partition coefficient (Wildman–Crippen LogP) is 2.21. The molecule has 1 fully saturated rings. The van der Waals surface area contributed by atoms with E-state index in [-0.39, 0.29) is 17.7 Å². The zero-order valence-electron chi connectivity index (χ0n) is 9.18. The molecule has 0 amide bonds. The van der Waals surface area contributed by atoms with E-state index in [1.54, 1.807) is 31.2 Å². The summed E-state index contributed by atoms with van der Waals surface area (Å²) in [5.41, 5.74) is 0.582. The third-order valence-electron chi connectivity index (χ3n) is 2.63. The van der Waals surface area contributed by atoms with Gasteiger partial charge in [0, 0.05) is 5.56 Å². The highest BCUT2D eigenvalue weighted by molar-refractivity contribution is 6.00. The molecule has 0 aromatic heterocycles. The van der Waals surface area contributed by atoms with E-state index < -0.39 is 6.10 Å². The zero-order valence-corrected chi connectivity index (χ0v) is 9.18. The summed E-state index contributed by atoms with van der Waals surface area (Å²) in [7, 11) is 0. The van der Waals surface area contributed by atoms with Crippen LogP contribution in [0.1, 0.15) is 30.1 Å². The summed E-state index contributed by atoms with van der Waals surface area (Å²) in [6.45, 7) is 1.62. The highest BCUT2D eigenvalue weighted by atomic mass is 16.5. The number of hydrogen-bond donors (Lipinski definition) is 0. The van der Waals surface area contributed by atoms with Crippen LogP contribution < -0.4 is 0 Å². The fourth-order valence-corrected chi connectivity index (χ4v) is 1.48. The lowest BCUT2D eigenvalue weighted by Crippen LogP contribution is -2.25. The molecule has 3 heteroatoms. The topological polar surface area (TPSA) is 43.4 Å². The Hall–Kier alpha value is -1.64. The van der Waals surface area contributed by atoms with Crippen LogP contribution in [0.4, 0.5) is 0 Å². The van der Waals surface area contributed by atoms with Crippen molar-refractivity contribution in [2.24, 2.45) is 5.92 Å². The molecular weight excluding hydrogens is 204 g/mol. The molecule has 1 saturated carbocycles. The van der Waals surface area contributed by atoms with E-state index in [4.69, 9.17) is 4.74 Å². The molecule has 2 rings (SSSR count). The van der Waals surface area contributed by atoms with Gasteiger partial charge in [-0.2, -0.15) is 0 Å². The molecule has 1 aromatic rings. The van der Waals surface area contributed by atoms with Crippen molar-refractivity contribution in [1.29, 1.82) is 0 Å². The molecular formula is C13H14O3. The van der Waals surface area contributed by atoms with Crippen LogP contribution in [0.2, 0.25) is 0 Å². The van der Waals surface area contributed by atoms with E-state index in [0.29, 0.717) is 5.56 Å². The van der Waals surface area contributed by atoms with E-state index in [1.807, 2.05) is 6.07 Å². The fourth-order valence-electron chi connectivity index (χ4n) is 1.48. The Morgan fingerprint density at radius 2 is 1.88 bits per heavy atom. The molecule has 1 aliphatic rings. The molecule has 0 N–H and O–H groups in total. The SMILES string of the molecule is CC(OC(=O)C1CC1)C(=O)c1ccccc1. The van der Waals surface area contributed by atoms with Gasteiger partial charge < -0.3 is 4.74 Å². The van der Waals surface area contributed by atoms with E-state index in [9.17, 15) is 9.59 Å². The number of carbonyl (C=O) groups is 2. The average Bonchev–Trinajstić information content (AvgIpc) is 3.13. The summed E-state index contributed by atoms with van der Waals surface area (Å²) in [6.07, 6.45) is 1.10. The molecule has 1 aliphatic carbocycles. The van der Waals surface area contributed by atoms with Crippen molar-refractivity contribution in [3.8, 4) is 0 Å². The minimum absolute atomic E-state index is 0.0334. The Kier molecular flexibility index (Phi) is 3.04. The van der Waals surface area contributed by atoms with Crippen LogP contribution in [-0.2, 0) is 9.53 Å². The number of esters is 1. The maximum absolute atomic E-state index is 11.8. The van der Waals surface area contributed by atoms with E-state index in [1.165, 1.54) is 0 Å². The van der Waals surface area contributed by atoms with Crippen LogP contribution >= 0.6 is 0 Å². The van der Waals surface area contributed by atoms with Crippen molar-refractivity contribution >= 4 is 11.8 Å². The molecule has 16 heavy (non-hydrogen) atoms. The maximum Gasteiger partial charge on any atom is 0.309 e. The smallest absolute Gasteiger partial charge is 0.309 e. The first kappa shape index (κ1) is 10.9. The van der Waals surface area contributed by atoms with Gasteiger partial charge in [-0.1, -0.05) is 30.3 Å². The molecule has 0 saturated heterocycles. The van der Waals surface area contributed by atoms with Gasteiger partial charge in [-0.3, -0.25) is 9.59 Å². The van der Waals surface area contributed by atoms with Gasteiger partial charge in [0.05, 0.1) is 5.92 Å². The monoisotopic (exact) mass is 218 g/mol. The van der Waals surface area contributed by atoms with Gasteiger partial charge in [0.1, 0.15) is 0 Å². The number of carbonyl (C=O) groups excluding carboxylic acids is 2. The number of rotatable bonds is 4. The van der Waals surface area contributed by atoms with Crippen molar-refractivity contribution in [1.82, 2.24) is 0 Å². The Balaban J connectivity index is 1.96. The van der Waals surface area contributed by atoms with Crippen LogP contribution in [0.3, 0.4) is 0 Å². The first-order valence-corrected chi connectivity index (χ1v) is 5.48. The fraction of sp³-hybridized carbons (Fsp3) is 0.385. The van der Waals surface area contributed by atoms with Gasteiger partial charge in [-0.25, -0.2) is 0 Å². The normalized spacial score (nSPS) is 16.6. The van der Waals surface area contributed by atoms with E-state index >= 15 is 0 Å². The van der Waals surface area contributed by atoms with E-state index in [2.05, 4.69) is 0 Å². The summed E-state index contributed by atoms with van der Waals surface area (Å²) in [4.78, 5) is 23.2. The first-order chi connectivity index (χ1) is 7.68. The second-order valence-corrected chi connectivity index (χ2v) is 4.08. The molecule has 1 aromatic carbocycles. The minimum Gasteiger partial charge on any atom is -0.454 e.